The summed E-state index contributed by atoms with van der Waals surface area (Å²) in [7, 11) is -0.932. The van der Waals surface area contributed by atoms with E-state index in [0.29, 0.717) is 17.8 Å². The van der Waals surface area contributed by atoms with E-state index >= 15 is 0 Å². The molecular formula is C10H13BN2O3. The van der Waals surface area contributed by atoms with Gasteiger partial charge in [0, 0.05) is 18.6 Å². The molecule has 0 spiro atoms. The first-order valence-corrected chi connectivity index (χ1v) is 5.36. The molecule has 0 saturated carbocycles. The highest BCUT2D eigenvalue weighted by Gasteiger charge is 2.38. The second-order valence-electron chi connectivity index (χ2n) is 3.99. The second-order valence-corrected chi connectivity index (χ2v) is 3.99. The minimum atomic E-state index is -0.932. The summed E-state index contributed by atoms with van der Waals surface area (Å²) < 4.78 is 11.0. The molecule has 1 aromatic rings. The summed E-state index contributed by atoms with van der Waals surface area (Å²) in [6, 6.07) is 5.64. The van der Waals surface area contributed by atoms with Crippen molar-refractivity contribution in [1.29, 1.82) is 0 Å². The molecule has 1 saturated heterocycles. The Labute approximate surface area is 93.7 Å². The Bertz CT molecular complexity index is 411. The van der Waals surface area contributed by atoms with Gasteiger partial charge in [-0.2, -0.15) is 0 Å². The largest absolute Gasteiger partial charge is 0.495 e. The highest BCUT2D eigenvalue weighted by molar-refractivity contribution is 6.62. The molecule has 2 unspecified atom stereocenters. The Morgan fingerprint density at radius 2 is 2.44 bits per heavy atom. The van der Waals surface area contributed by atoms with E-state index in [1.54, 1.807) is 0 Å². The fourth-order valence-corrected chi connectivity index (χ4v) is 1.97. The highest BCUT2D eigenvalue weighted by Crippen LogP contribution is 2.27. The monoisotopic (exact) mass is 220 g/mol. The van der Waals surface area contributed by atoms with Crippen LogP contribution in [0.1, 0.15) is 11.7 Å². The normalized spacial score (nSPS) is 26.8. The van der Waals surface area contributed by atoms with E-state index in [0.717, 1.165) is 12.1 Å². The van der Waals surface area contributed by atoms with Crippen LogP contribution >= 0.6 is 0 Å². The molecule has 16 heavy (non-hydrogen) atoms. The molecule has 0 bridgehead atoms. The SMILES string of the molecule is NCC1OB(O)c2c(OC3CN3)cccc21. The van der Waals surface area contributed by atoms with Crippen molar-refractivity contribution in [3.63, 3.8) is 0 Å². The van der Waals surface area contributed by atoms with Crippen molar-refractivity contribution >= 4 is 12.6 Å². The van der Waals surface area contributed by atoms with Gasteiger partial charge in [-0.25, -0.2) is 0 Å². The van der Waals surface area contributed by atoms with Crippen LogP contribution in [-0.2, 0) is 4.65 Å². The van der Waals surface area contributed by atoms with Gasteiger partial charge in [-0.1, -0.05) is 12.1 Å². The van der Waals surface area contributed by atoms with E-state index < -0.39 is 7.12 Å². The molecule has 0 amide bonds. The number of nitrogens with two attached hydrogens (primary N) is 1. The molecule has 2 aliphatic heterocycles. The number of nitrogens with one attached hydrogen (secondary N) is 1. The molecule has 1 fully saturated rings. The zero-order valence-corrected chi connectivity index (χ0v) is 8.72. The van der Waals surface area contributed by atoms with Gasteiger partial charge in [0.25, 0.3) is 0 Å². The molecule has 3 rings (SSSR count). The summed E-state index contributed by atoms with van der Waals surface area (Å²) in [6.07, 6.45) is -0.170. The lowest BCUT2D eigenvalue weighted by molar-refractivity contribution is 0.198. The van der Waals surface area contributed by atoms with E-state index in [9.17, 15) is 5.02 Å². The zero-order chi connectivity index (χ0) is 11.1. The molecule has 5 nitrogen and oxygen atoms in total. The van der Waals surface area contributed by atoms with Crippen molar-refractivity contribution in [3.8, 4) is 5.75 Å². The van der Waals surface area contributed by atoms with Crippen molar-refractivity contribution in [1.82, 2.24) is 5.32 Å². The molecule has 0 aromatic heterocycles. The number of benzene rings is 1. The average molecular weight is 220 g/mol. The van der Waals surface area contributed by atoms with Crippen LogP contribution in [0.2, 0.25) is 0 Å². The first kappa shape index (κ1) is 10.1. The highest BCUT2D eigenvalue weighted by atomic mass is 16.5. The van der Waals surface area contributed by atoms with Gasteiger partial charge in [0.2, 0.25) is 0 Å². The molecular weight excluding hydrogens is 207 g/mol. The number of ether oxygens (including phenoxy) is 1. The summed E-state index contributed by atoms with van der Waals surface area (Å²) in [5, 5.41) is 12.9. The van der Waals surface area contributed by atoms with Gasteiger partial charge >= 0.3 is 7.12 Å². The van der Waals surface area contributed by atoms with E-state index in [4.69, 9.17) is 15.1 Å². The molecule has 0 radical (unpaired) electrons. The maximum absolute atomic E-state index is 9.82. The number of rotatable bonds is 3. The molecule has 0 aliphatic carbocycles. The van der Waals surface area contributed by atoms with Gasteiger partial charge in [0.15, 0.2) is 6.23 Å². The lowest BCUT2D eigenvalue weighted by Crippen LogP contribution is -2.30. The lowest BCUT2D eigenvalue weighted by atomic mass is 9.78. The zero-order valence-electron chi connectivity index (χ0n) is 8.72. The topological polar surface area (TPSA) is 86.7 Å². The summed E-state index contributed by atoms with van der Waals surface area (Å²) in [4.78, 5) is 0. The Kier molecular flexibility index (Phi) is 2.36. The Morgan fingerprint density at radius 1 is 1.62 bits per heavy atom. The van der Waals surface area contributed by atoms with E-state index in [1.165, 1.54) is 0 Å². The van der Waals surface area contributed by atoms with Crippen LogP contribution in [0.4, 0.5) is 0 Å². The Morgan fingerprint density at radius 3 is 3.12 bits per heavy atom. The fraction of sp³-hybridized carbons (Fsp3) is 0.400. The average Bonchev–Trinajstić information content (AvgIpc) is 3.03. The Balaban J connectivity index is 1.97. The quantitative estimate of drug-likeness (QED) is 0.436. The third-order valence-corrected chi connectivity index (χ3v) is 2.84. The summed E-state index contributed by atoms with van der Waals surface area (Å²) >= 11 is 0. The number of hydrogen-bond donors (Lipinski definition) is 3. The van der Waals surface area contributed by atoms with E-state index in [1.807, 2.05) is 18.2 Å². The molecule has 2 atom stereocenters. The van der Waals surface area contributed by atoms with Crippen molar-refractivity contribution < 1.29 is 14.4 Å². The summed E-state index contributed by atoms with van der Waals surface area (Å²) in [5.41, 5.74) is 7.22. The summed E-state index contributed by atoms with van der Waals surface area (Å²) in [5.74, 6) is 0.677. The van der Waals surface area contributed by atoms with Crippen molar-refractivity contribution in [2.24, 2.45) is 5.73 Å². The lowest BCUT2D eigenvalue weighted by Gasteiger charge is -2.10. The number of fused-ring (bicyclic) bond motifs is 1. The van der Waals surface area contributed by atoms with Crippen molar-refractivity contribution in [3.05, 3.63) is 23.8 Å². The van der Waals surface area contributed by atoms with Gasteiger partial charge in [0.05, 0.1) is 6.10 Å². The predicted octanol–water partition coefficient (Wildman–Crippen LogP) is -1.29. The van der Waals surface area contributed by atoms with Crippen molar-refractivity contribution in [2.75, 3.05) is 13.1 Å². The maximum Gasteiger partial charge on any atom is 0.495 e. The van der Waals surface area contributed by atoms with E-state index in [-0.39, 0.29) is 12.3 Å². The van der Waals surface area contributed by atoms with Gasteiger partial charge in [-0.05, 0) is 11.6 Å². The summed E-state index contributed by atoms with van der Waals surface area (Å²) in [6.45, 7) is 1.20. The first-order valence-electron chi connectivity index (χ1n) is 5.36. The fourth-order valence-electron chi connectivity index (χ4n) is 1.97. The second kappa shape index (κ2) is 3.74. The van der Waals surface area contributed by atoms with Crippen LogP contribution in [0.25, 0.3) is 0 Å². The van der Waals surface area contributed by atoms with Crippen LogP contribution in [0.5, 0.6) is 5.75 Å². The molecule has 2 heterocycles. The predicted molar refractivity (Wildman–Crippen MR) is 59.3 cm³/mol. The molecule has 6 heteroatoms. The minimum absolute atomic E-state index is 0.0654. The van der Waals surface area contributed by atoms with Crippen LogP contribution in [0, 0.1) is 0 Å². The third-order valence-electron chi connectivity index (χ3n) is 2.84. The third kappa shape index (κ3) is 1.60. The van der Waals surface area contributed by atoms with Crippen LogP contribution in [-0.4, -0.2) is 31.5 Å². The van der Waals surface area contributed by atoms with E-state index in [2.05, 4.69) is 5.32 Å². The standard InChI is InChI=1S/C10H13BN2O3/c12-4-8-6-2-1-3-7(15-9-5-13-9)10(6)11(14)16-8/h1-3,8-9,13-14H,4-5,12H2. The van der Waals surface area contributed by atoms with Crippen LogP contribution in [0.3, 0.4) is 0 Å². The number of hydrogen-bond acceptors (Lipinski definition) is 5. The minimum Gasteiger partial charge on any atom is -0.474 e. The van der Waals surface area contributed by atoms with Gasteiger partial charge in [-0.3, -0.25) is 5.32 Å². The molecule has 4 N–H and O–H groups in total. The molecule has 84 valence electrons. The maximum atomic E-state index is 9.82. The molecule has 2 aliphatic rings. The van der Waals surface area contributed by atoms with Gasteiger partial charge in [0.1, 0.15) is 5.75 Å². The molecule has 1 aromatic carbocycles. The van der Waals surface area contributed by atoms with Crippen LogP contribution < -0.4 is 21.3 Å². The van der Waals surface area contributed by atoms with Crippen LogP contribution in [0.15, 0.2) is 18.2 Å². The smallest absolute Gasteiger partial charge is 0.474 e. The van der Waals surface area contributed by atoms with Crippen molar-refractivity contribution in [2.45, 2.75) is 12.3 Å². The first-order chi connectivity index (χ1) is 7.79. The van der Waals surface area contributed by atoms with Gasteiger partial charge < -0.3 is 20.1 Å². The van der Waals surface area contributed by atoms with Gasteiger partial charge in [-0.15, -0.1) is 0 Å². The Hall–Kier alpha value is -1.08.